The number of carbonyl (C=O) groups excluding carboxylic acids is 1. The molecule has 17 heavy (non-hydrogen) atoms. The summed E-state index contributed by atoms with van der Waals surface area (Å²) in [6.07, 6.45) is 0.400. The van der Waals surface area contributed by atoms with Gasteiger partial charge in [0.05, 0.1) is 7.11 Å². The summed E-state index contributed by atoms with van der Waals surface area (Å²) in [7, 11) is 1.34. The predicted octanol–water partition coefficient (Wildman–Crippen LogP) is 1.44. The number of carbonyl (C=O) groups is 1. The monoisotopic (exact) mass is 237 g/mol. The highest BCUT2D eigenvalue weighted by atomic mass is 16.5. The predicted molar refractivity (Wildman–Crippen MR) is 65.4 cm³/mol. The lowest BCUT2D eigenvalue weighted by molar-refractivity contribution is -0.148. The smallest absolute Gasteiger partial charge is 0.330 e. The maximum Gasteiger partial charge on any atom is 0.330 e. The summed E-state index contributed by atoms with van der Waals surface area (Å²) >= 11 is 0. The van der Waals surface area contributed by atoms with Gasteiger partial charge >= 0.3 is 5.97 Å². The van der Waals surface area contributed by atoms with Gasteiger partial charge in [-0.05, 0) is 12.5 Å². The van der Waals surface area contributed by atoms with Crippen molar-refractivity contribution in [2.45, 2.75) is 18.9 Å². The van der Waals surface area contributed by atoms with E-state index >= 15 is 0 Å². The minimum absolute atomic E-state index is 0.400. The first-order valence-electron chi connectivity index (χ1n) is 5.65. The van der Waals surface area contributed by atoms with Crippen LogP contribution in [-0.2, 0) is 19.8 Å². The first kappa shape index (κ1) is 13.7. The molecule has 0 fully saturated rings. The summed E-state index contributed by atoms with van der Waals surface area (Å²) in [6.45, 7) is 2.93. The van der Waals surface area contributed by atoms with Gasteiger partial charge < -0.3 is 15.2 Å². The molecule has 0 bridgehead atoms. The average Bonchev–Trinajstić information content (AvgIpc) is 2.39. The van der Waals surface area contributed by atoms with E-state index in [1.54, 1.807) is 0 Å². The lowest BCUT2D eigenvalue weighted by Gasteiger charge is -2.26. The van der Waals surface area contributed by atoms with Gasteiger partial charge in [0, 0.05) is 19.6 Å². The zero-order valence-electron chi connectivity index (χ0n) is 10.3. The third kappa shape index (κ3) is 3.28. The summed E-state index contributed by atoms with van der Waals surface area (Å²) in [5.74, 6) is -0.441. The van der Waals surface area contributed by atoms with Gasteiger partial charge in [0.15, 0.2) is 0 Å². The van der Waals surface area contributed by atoms with Gasteiger partial charge in [0.25, 0.3) is 0 Å². The van der Waals surface area contributed by atoms with Crippen LogP contribution in [0.25, 0.3) is 0 Å². The maximum absolute atomic E-state index is 11.8. The van der Waals surface area contributed by atoms with E-state index < -0.39 is 11.5 Å². The molecule has 1 unspecified atom stereocenters. The van der Waals surface area contributed by atoms with Gasteiger partial charge in [0.2, 0.25) is 0 Å². The van der Waals surface area contributed by atoms with Crippen molar-refractivity contribution in [3.8, 4) is 0 Å². The molecule has 0 aliphatic carbocycles. The molecule has 0 aliphatic heterocycles. The summed E-state index contributed by atoms with van der Waals surface area (Å²) in [6, 6.07) is 9.22. The second kappa shape index (κ2) is 6.37. The Hall–Kier alpha value is -1.39. The van der Waals surface area contributed by atoms with Crippen molar-refractivity contribution in [3.05, 3.63) is 35.9 Å². The fraction of sp³-hybridized carbons (Fsp3) is 0.462. The highest BCUT2D eigenvalue weighted by Crippen LogP contribution is 2.23. The Bertz CT molecular complexity index is 353. The van der Waals surface area contributed by atoms with E-state index in [4.69, 9.17) is 15.2 Å². The van der Waals surface area contributed by atoms with E-state index in [2.05, 4.69) is 0 Å². The number of ether oxygens (including phenoxy) is 2. The van der Waals surface area contributed by atoms with E-state index in [0.717, 1.165) is 5.56 Å². The normalized spacial score (nSPS) is 14.1. The summed E-state index contributed by atoms with van der Waals surface area (Å²) in [4.78, 5) is 11.8. The molecule has 94 valence electrons. The van der Waals surface area contributed by atoms with Crippen LogP contribution in [0.15, 0.2) is 30.3 Å². The molecule has 1 atom stereocenters. The molecule has 1 aromatic rings. The topological polar surface area (TPSA) is 61.5 Å². The fourth-order valence-corrected chi connectivity index (χ4v) is 1.66. The van der Waals surface area contributed by atoms with Crippen LogP contribution in [0.3, 0.4) is 0 Å². The summed E-state index contributed by atoms with van der Waals surface area (Å²) in [5, 5.41) is 0. The molecule has 1 rings (SSSR count). The van der Waals surface area contributed by atoms with Gasteiger partial charge in [-0.2, -0.15) is 0 Å². The van der Waals surface area contributed by atoms with Crippen molar-refractivity contribution < 1.29 is 14.3 Å². The number of esters is 1. The standard InChI is InChI=1S/C13H19NO3/c1-3-17-10-9-13(14,12(15)16-2)11-7-5-4-6-8-11/h4-8H,3,9-10,14H2,1-2H3. The SMILES string of the molecule is CCOCCC(N)(C(=O)OC)c1ccccc1. The van der Waals surface area contributed by atoms with Crippen LogP contribution in [0.2, 0.25) is 0 Å². The number of benzene rings is 1. The Balaban J connectivity index is 2.90. The molecule has 4 heteroatoms. The van der Waals surface area contributed by atoms with Crippen molar-refractivity contribution in [3.63, 3.8) is 0 Å². The lowest BCUT2D eigenvalue weighted by atomic mass is 9.88. The van der Waals surface area contributed by atoms with Crippen molar-refractivity contribution in [2.24, 2.45) is 5.73 Å². The van der Waals surface area contributed by atoms with Crippen LogP contribution in [0.1, 0.15) is 18.9 Å². The first-order chi connectivity index (χ1) is 8.15. The number of hydrogen-bond acceptors (Lipinski definition) is 4. The molecular weight excluding hydrogens is 218 g/mol. The van der Waals surface area contributed by atoms with Gasteiger partial charge in [-0.25, -0.2) is 4.79 Å². The molecule has 0 saturated heterocycles. The van der Waals surface area contributed by atoms with Crippen LogP contribution < -0.4 is 5.73 Å². The van der Waals surface area contributed by atoms with Crippen LogP contribution in [0, 0.1) is 0 Å². The lowest BCUT2D eigenvalue weighted by Crippen LogP contribution is -2.46. The van der Waals surface area contributed by atoms with Crippen LogP contribution in [0.5, 0.6) is 0 Å². The molecule has 0 saturated carbocycles. The van der Waals surface area contributed by atoms with Crippen LogP contribution in [-0.4, -0.2) is 26.3 Å². The molecule has 0 aliphatic rings. The summed E-state index contributed by atoms with van der Waals surface area (Å²) in [5.41, 5.74) is 5.77. The summed E-state index contributed by atoms with van der Waals surface area (Å²) < 4.78 is 10.0. The van der Waals surface area contributed by atoms with Gasteiger partial charge in [0.1, 0.15) is 5.54 Å². The first-order valence-corrected chi connectivity index (χ1v) is 5.65. The Morgan fingerprint density at radius 2 is 2.00 bits per heavy atom. The van der Waals surface area contributed by atoms with Crippen molar-refractivity contribution in [1.82, 2.24) is 0 Å². The van der Waals surface area contributed by atoms with E-state index in [9.17, 15) is 4.79 Å². The van der Waals surface area contributed by atoms with Gasteiger partial charge in [-0.3, -0.25) is 0 Å². The van der Waals surface area contributed by atoms with Crippen molar-refractivity contribution >= 4 is 5.97 Å². The zero-order valence-corrected chi connectivity index (χ0v) is 10.3. The number of nitrogens with two attached hydrogens (primary N) is 1. The van der Waals surface area contributed by atoms with E-state index in [1.165, 1.54) is 7.11 Å². The minimum Gasteiger partial charge on any atom is -0.467 e. The molecule has 0 heterocycles. The zero-order chi connectivity index (χ0) is 12.7. The molecule has 0 aromatic heterocycles. The largest absolute Gasteiger partial charge is 0.467 e. The number of rotatable bonds is 6. The Kier molecular flexibility index (Phi) is 5.12. The number of methoxy groups -OCH3 is 1. The van der Waals surface area contributed by atoms with Crippen molar-refractivity contribution in [2.75, 3.05) is 20.3 Å². The fourth-order valence-electron chi connectivity index (χ4n) is 1.66. The molecule has 4 nitrogen and oxygen atoms in total. The maximum atomic E-state index is 11.8. The molecule has 2 N–H and O–H groups in total. The third-order valence-corrected chi connectivity index (χ3v) is 2.68. The van der Waals surface area contributed by atoms with E-state index in [0.29, 0.717) is 19.6 Å². The molecule has 0 radical (unpaired) electrons. The van der Waals surface area contributed by atoms with Crippen LogP contribution >= 0.6 is 0 Å². The number of hydrogen-bond donors (Lipinski definition) is 1. The Labute approximate surface area is 102 Å². The Morgan fingerprint density at radius 1 is 1.35 bits per heavy atom. The van der Waals surface area contributed by atoms with Gasteiger partial charge in [-0.15, -0.1) is 0 Å². The van der Waals surface area contributed by atoms with E-state index in [1.807, 2.05) is 37.3 Å². The highest BCUT2D eigenvalue weighted by Gasteiger charge is 2.36. The van der Waals surface area contributed by atoms with Gasteiger partial charge in [-0.1, -0.05) is 30.3 Å². The van der Waals surface area contributed by atoms with Crippen LogP contribution in [0.4, 0.5) is 0 Å². The molecular formula is C13H19NO3. The molecule has 0 amide bonds. The van der Waals surface area contributed by atoms with E-state index in [-0.39, 0.29) is 0 Å². The van der Waals surface area contributed by atoms with Crippen molar-refractivity contribution in [1.29, 1.82) is 0 Å². The quantitative estimate of drug-likeness (QED) is 0.600. The minimum atomic E-state index is -1.13. The average molecular weight is 237 g/mol. The third-order valence-electron chi connectivity index (χ3n) is 2.68. The molecule has 0 spiro atoms. The Morgan fingerprint density at radius 3 is 2.53 bits per heavy atom. The molecule has 1 aromatic carbocycles. The second-order valence-corrected chi connectivity index (χ2v) is 3.78. The highest BCUT2D eigenvalue weighted by molar-refractivity contribution is 5.82. The second-order valence-electron chi connectivity index (χ2n) is 3.78.